The second kappa shape index (κ2) is 9.05. The van der Waals surface area contributed by atoms with Crippen LogP contribution in [0.2, 0.25) is 0 Å². The van der Waals surface area contributed by atoms with E-state index in [1.54, 1.807) is 0 Å². The van der Waals surface area contributed by atoms with Gasteiger partial charge in [-0.3, -0.25) is 0 Å². The molecule has 0 bridgehead atoms. The lowest BCUT2D eigenvalue weighted by Gasteiger charge is -2.41. The summed E-state index contributed by atoms with van der Waals surface area (Å²) >= 11 is 0. The van der Waals surface area contributed by atoms with E-state index in [2.05, 4.69) is 84.9 Å². The summed E-state index contributed by atoms with van der Waals surface area (Å²) in [6.07, 6.45) is 7.09. The SMILES string of the molecule is NC(C1CCCCC1)C(O)(Cc1cccc2ccccc12)Cc1cccc2ccccc12. The molecule has 2 heteroatoms. The van der Waals surface area contributed by atoms with Crippen molar-refractivity contribution >= 4 is 21.5 Å². The standard InChI is InChI=1S/C30H33NO/c31-29(24-12-2-1-3-13-24)30(32,20-25-16-8-14-22-10-4-6-18-27(22)25)21-26-17-9-15-23-11-5-7-19-28(23)26/h4-11,14-19,24,29,32H,1-3,12-13,20-21,31H2. The molecule has 1 fully saturated rings. The molecule has 0 amide bonds. The summed E-state index contributed by atoms with van der Waals surface area (Å²) in [5, 5.41) is 17.2. The van der Waals surface area contributed by atoms with Crippen molar-refractivity contribution in [1.29, 1.82) is 0 Å². The highest BCUT2D eigenvalue weighted by atomic mass is 16.3. The molecule has 5 rings (SSSR count). The van der Waals surface area contributed by atoms with Gasteiger partial charge >= 0.3 is 0 Å². The topological polar surface area (TPSA) is 46.2 Å². The van der Waals surface area contributed by atoms with E-state index in [9.17, 15) is 5.11 Å². The molecule has 1 aliphatic carbocycles. The van der Waals surface area contributed by atoms with Crippen LogP contribution in [-0.4, -0.2) is 16.7 Å². The van der Waals surface area contributed by atoms with E-state index in [0.717, 1.165) is 12.8 Å². The molecule has 164 valence electrons. The molecular formula is C30H33NO. The minimum atomic E-state index is -1.00. The number of benzene rings is 4. The van der Waals surface area contributed by atoms with Crippen LogP contribution >= 0.6 is 0 Å². The summed E-state index contributed by atoms with van der Waals surface area (Å²) in [5.41, 5.74) is 8.31. The van der Waals surface area contributed by atoms with Crippen LogP contribution in [0.25, 0.3) is 21.5 Å². The molecule has 0 aromatic heterocycles. The van der Waals surface area contributed by atoms with Crippen molar-refractivity contribution in [3.8, 4) is 0 Å². The van der Waals surface area contributed by atoms with Gasteiger partial charge in [0.25, 0.3) is 0 Å². The van der Waals surface area contributed by atoms with E-state index in [-0.39, 0.29) is 6.04 Å². The first kappa shape index (κ1) is 21.2. The van der Waals surface area contributed by atoms with Crippen molar-refractivity contribution in [3.63, 3.8) is 0 Å². The monoisotopic (exact) mass is 423 g/mol. The third-order valence-corrected chi connectivity index (χ3v) is 7.53. The molecule has 2 nitrogen and oxygen atoms in total. The van der Waals surface area contributed by atoms with Crippen LogP contribution in [0.4, 0.5) is 0 Å². The highest BCUT2D eigenvalue weighted by molar-refractivity contribution is 5.86. The Morgan fingerprint density at radius 3 is 1.69 bits per heavy atom. The number of nitrogens with two attached hydrogens (primary N) is 1. The minimum absolute atomic E-state index is 0.249. The van der Waals surface area contributed by atoms with E-state index >= 15 is 0 Å². The summed E-state index contributed by atoms with van der Waals surface area (Å²) in [5.74, 6) is 0.374. The molecule has 1 saturated carbocycles. The lowest BCUT2D eigenvalue weighted by atomic mass is 9.72. The fraction of sp³-hybridized carbons (Fsp3) is 0.333. The lowest BCUT2D eigenvalue weighted by molar-refractivity contribution is -0.0100. The van der Waals surface area contributed by atoms with Gasteiger partial charge in [-0.25, -0.2) is 0 Å². The molecular weight excluding hydrogens is 390 g/mol. The summed E-state index contributed by atoms with van der Waals surface area (Å²) in [7, 11) is 0. The predicted octanol–water partition coefficient (Wildman–Crippen LogP) is 6.42. The predicted molar refractivity (Wildman–Crippen MR) is 135 cm³/mol. The molecule has 1 aliphatic rings. The van der Waals surface area contributed by atoms with E-state index in [4.69, 9.17) is 5.73 Å². The van der Waals surface area contributed by atoms with Crippen LogP contribution in [-0.2, 0) is 12.8 Å². The number of fused-ring (bicyclic) bond motifs is 2. The molecule has 0 radical (unpaired) electrons. The number of hydrogen-bond donors (Lipinski definition) is 2. The van der Waals surface area contributed by atoms with Gasteiger partial charge in [-0.05, 0) is 51.4 Å². The zero-order chi connectivity index (χ0) is 22.0. The number of aliphatic hydroxyl groups is 1. The summed E-state index contributed by atoms with van der Waals surface area (Å²) in [4.78, 5) is 0. The Balaban J connectivity index is 1.56. The molecule has 4 aromatic carbocycles. The Bertz CT molecular complexity index is 1120. The molecule has 32 heavy (non-hydrogen) atoms. The molecule has 1 atom stereocenters. The molecule has 4 aromatic rings. The van der Waals surface area contributed by atoms with Crippen molar-refractivity contribution in [3.05, 3.63) is 96.1 Å². The number of rotatable bonds is 6. The quantitative estimate of drug-likeness (QED) is 0.376. The Kier molecular flexibility index (Phi) is 5.99. The second-order valence-corrected chi connectivity index (χ2v) is 9.66. The molecule has 0 aliphatic heterocycles. The second-order valence-electron chi connectivity index (χ2n) is 9.66. The third-order valence-electron chi connectivity index (χ3n) is 7.53. The Hall–Kier alpha value is -2.68. The zero-order valence-electron chi connectivity index (χ0n) is 18.7. The maximum absolute atomic E-state index is 12.3. The third kappa shape index (κ3) is 4.18. The van der Waals surface area contributed by atoms with Gasteiger partial charge < -0.3 is 10.8 Å². The smallest absolute Gasteiger partial charge is 0.0881 e. The van der Waals surface area contributed by atoms with Gasteiger partial charge in [0.05, 0.1) is 5.60 Å². The van der Waals surface area contributed by atoms with Crippen LogP contribution < -0.4 is 5.73 Å². The largest absolute Gasteiger partial charge is 0.388 e. The Morgan fingerprint density at radius 1 is 0.688 bits per heavy atom. The summed E-state index contributed by atoms with van der Waals surface area (Å²) in [6.45, 7) is 0. The van der Waals surface area contributed by atoms with E-state index in [1.807, 2.05) is 0 Å². The maximum atomic E-state index is 12.3. The molecule has 3 N–H and O–H groups in total. The molecule has 0 heterocycles. The fourth-order valence-corrected chi connectivity index (χ4v) is 5.78. The zero-order valence-corrected chi connectivity index (χ0v) is 18.7. The highest BCUT2D eigenvalue weighted by Crippen LogP contribution is 2.36. The average molecular weight is 424 g/mol. The van der Waals surface area contributed by atoms with Crippen LogP contribution in [0.1, 0.15) is 43.2 Å². The van der Waals surface area contributed by atoms with Gasteiger partial charge in [0.2, 0.25) is 0 Å². The summed E-state index contributed by atoms with van der Waals surface area (Å²) in [6, 6.07) is 29.5. The Labute approximate surface area is 191 Å². The van der Waals surface area contributed by atoms with Gasteiger partial charge in [0, 0.05) is 18.9 Å². The molecule has 0 saturated heterocycles. The Morgan fingerprint density at radius 2 is 1.16 bits per heavy atom. The van der Waals surface area contributed by atoms with Gasteiger partial charge in [0.15, 0.2) is 0 Å². The van der Waals surface area contributed by atoms with Crippen LogP contribution in [0.3, 0.4) is 0 Å². The van der Waals surface area contributed by atoms with E-state index in [1.165, 1.54) is 51.9 Å². The van der Waals surface area contributed by atoms with E-state index < -0.39 is 5.60 Å². The van der Waals surface area contributed by atoms with Gasteiger partial charge in [-0.1, -0.05) is 104 Å². The molecule has 0 spiro atoms. The average Bonchev–Trinajstić information content (AvgIpc) is 2.84. The van der Waals surface area contributed by atoms with Crippen LogP contribution in [0.5, 0.6) is 0 Å². The van der Waals surface area contributed by atoms with Crippen LogP contribution in [0.15, 0.2) is 84.9 Å². The highest BCUT2D eigenvalue weighted by Gasteiger charge is 2.40. The first-order valence-corrected chi connectivity index (χ1v) is 12.1. The first-order chi connectivity index (χ1) is 15.6. The maximum Gasteiger partial charge on any atom is 0.0881 e. The summed E-state index contributed by atoms with van der Waals surface area (Å²) < 4.78 is 0. The fourth-order valence-electron chi connectivity index (χ4n) is 5.78. The van der Waals surface area contributed by atoms with Crippen molar-refractivity contribution in [1.82, 2.24) is 0 Å². The van der Waals surface area contributed by atoms with Gasteiger partial charge in [-0.2, -0.15) is 0 Å². The van der Waals surface area contributed by atoms with Gasteiger partial charge in [0.1, 0.15) is 0 Å². The first-order valence-electron chi connectivity index (χ1n) is 12.1. The van der Waals surface area contributed by atoms with Gasteiger partial charge in [-0.15, -0.1) is 0 Å². The number of hydrogen-bond acceptors (Lipinski definition) is 2. The van der Waals surface area contributed by atoms with Crippen molar-refractivity contribution in [2.45, 2.75) is 56.6 Å². The van der Waals surface area contributed by atoms with Crippen molar-refractivity contribution in [2.24, 2.45) is 11.7 Å². The van der Waals surface area contributed by atoms with Crippen molar-refractivity contribution < 1.29 is 5.11 Å². The van der Waals surface area contributed by atoms with E-state index in [0.29, 0.717) is 18.8 Å². The van der Waals surface area contributed by atoms with Crippen molar-refractivity contribution in [2.75, 3.05) is 0 Å². The van der Waals surface area contributed by atoms with Crippen LogP contribution in [0, 0.1) is 5.92 Å². The molecule has 1 unspecified atom stereocenters. The normalized spacial score (nSPS) is 16.4. The minimum Gasteiger partial charge on any atom is -0.388 e. The lowest BCUT2D eigenvalue weighted by Crippen LogP contribution is -2.55.